The van der Waals surface area contributed by atoms with Crippen LogP contribution in [0, 0.1) is 5.41 Å². The van der Waals surface area contributed by atoms with Crippen LogP contribution >= 0.6 is 0 Å². The molecule has 1 aromatic heterocycles. The van der Waals surface area contributed by atoms with E-state index in [4.69, 9.17) is 0 Å². The van der Waals surface area contributed by atoms with Gasteiger partial charge in [0.15, 0.2) is 0 Å². The third kappa shape index (κ3) is 4.16. The average Bonchev–Trinajstić information content (AvgIpc) is 2.67. The minimum atomic E-state index is 0.123. The van der Waals surface area contributed by atoms with E-state index in [9.17, 15) is 0 Å². The summed E-state index contributed by atoms with van der Waals surface area (Å²) >= 11 is 0. The van der Waals surface area contributed by atoms with E-state index >= 15 is 0 Å². The van der Waals surface area contributed by atoms with E-state index in [1.807, 2.05) is 12.4 Å². The van der Waals surface area contributed by atoms with Crippen molar-refractivity contribution in [2.75, 3.05) is 18.0 Å². The van der Waals surface area contributed by atoms with Crippen molar-refractivity contribution in [3.8, 4) is 0 Å². The molecule has 0 aromatic carbocycles. The number of rotatable bonds is 3. The van der Waals surface area contributed by atoms with E-state index in [-0.39, 0.29) is 5.54 Å². The molecule has 0 atom stereocenters. The zero-order valence-electron chi connectivity index (χ0n) is 12.8. The first-order valence-electron chi connectivity index (χ1n) is 7.06. The summed E-state index contributed by atoms with van der Waals surface area (Å²) in [4.78, 5) is 11.3. The minimum absolute atomic E-state index is 0.123. The van der Waals surface area contributed by atoms with Crippen LogP contribution in [0.3, 0.4) is 0 Å². The second-order valence-corrected chi connectivity index (χ2v) is 7.33. The van der Waals surface area contributed by atoms with E-state index in [1.54, 1.807) is 0 Å². The quantitative estimate of drug-likeness (QED) is 0.909. The summed E-state index contributed by atoms with van der Waals surface area (Å²) in [6.45, 7) is 14.0. The standard InChI is InChI=1S/C15H26N4/c1-14(2,3)18-10-12-8-16-13(17-9-12)19-7-6-15(4,5)11-19/h8-9,18H,6-7,10-11H2,1-5H3. The van der Waals surface area contributed by atoms with Gasteiger partial charge in [-0.25, -0.2) is 9.97 Å². The van der Waals surface area contributed by atoms with Crippen molar-refractivity contribution >= 4 is 5.95 Å². The Morgan fingerprint density at radius 2 is 1.89 bits per heavy atom. The molecular weight excluding hydrogens is 236 g/mol. The van der Waals surface area contributed by atoms with Crippen molar-refractivity contribution in [3.63, 3.8) is 0 Å². The summed E-state index contributed by atoms with van der Waals surface area (Å²) in [6.07, 6.45) is 5.09. The highest BCUT2D eigenvalue weighted by Gasteiger charge is 2.30. The Hall–Kier alpha value is -1.16. The molecule has 0 unspecified atom stereocenters. The molecule has 0 radical (unpaired) electrons. The summed E-state index contributed by atoms with van der Waals surface area (Å²) in [5, 5.41) is 3.45. The van der Waals surface area contributed by atoms with E-state index in [0.717, 1.165) is 31.1 Å². The van der Waals surface area contributed by atoms with Crippen LogP contribution < -0.4 is 10.2 Å². The van der Waals surface area contributed by atoms with Crippen LogP contribution in [0.15, 0.2) is 12.4 Å². The van der Waals surface area contributed by atoms with Gasteiger partial charge in [-0.2, -0.15) is 0 Å². The Morgan fingerprint density at radius 3 is 2.37 bits per heavy atom. The number of nitrogens with zero attached hydrogens (tertiary/aromatic N) is 3. The lowest BCUT2D eigenvalue weighted by Crippen LogP contribution is -2.35. The number of nitrogens with one attached hydrogen (secondary N) is 1. The van der Waals surface area contributed by atoms with Crippen molar-refractivity contribution in [2.45, 2.75) is 53.1 Å². The SMILES string of the molecule is CC1(C)CCN(c2ncc(CNC(C)(C)C)cn2)C1. The van der Waals surface area contributed by atoms with Crippen molar-refractivity contribution in [3.05, 3.63) is 18.0 Å². The van der Waals surface area contributed by atoms with Crippen LogP contribution in [0.1, 0.15) is 46.6 Å². The van der Waals surface area contributed by atoms with Gasteiger partial charge in [-0.3, -0.25) is 0 Å². The highest BCUT2D eigenvalue weighted by Crippen LogP contribution is 2.30. The van der Waals surface area contributed by atoms with Crippen molar-refractivity contribution in [1.82, 2.24) is 15.3 Å². The van der Waals surface area contributed by atoms with Crippen molar-refractivity contribution in [1.29, 1.82) is 0 Å². The fourth-order valence-electron chi connectivity index (χ4n) is 2.25. The van der Waals surface area contributed by atoms with Crippen molar-refractivity contribution < 1.29 is 0 Å². The first-order valence-corrected chi connectivity index (χ1v) is 7.06. The smallest absolute Gasteiger partial charge is 0.225 e. The molecule has 1 N–H and O–H groups in total. The first-order chi connectivity index (χ1) is 8.75. The van der Waals surface area contributed by atoms with Gasteiger partial charge in [0, 0.05) is 43.1 Å². The van der Waals surface area contributed by atoms with Gasteiger partial charge in [0.25, 0.3) is 0 Å². The summed E-state index contributed by atoms with van der Waals surface area (Å²) in [5.74, 6) is 0.866. The zero-order valence-corrected chi connectivity index (χ0v) is 12.8. The molecule has 0 aliphatic carbocycles. The maximum atomic E-state index is 4.50. The van der Waals surface area contributed by atoms with Gasteiger partial charge >= 0.3 is 0 Å². The van der Waals surface area contributed by atoms with E-state index in [1.165, 1.54) is 6.42 Å². The fraction of sp³-hybridized carbons (Fsp3) is 0.733. The van der Waals surface area contributed by atoms with Gasteiger partial charge in [0.05, 0.1) is 0 Å². The molecule has 1 aromatic rings. The lowest BCUT2D eigenvalue weighted by molar-refractivity contribution is 0.418. The van der Waals surface area contributed by atoms with Crippen LogP contribution in [0.5, 0.6) is 0 Å². The minimum Gasteiger partial charge on any atom is -0.340 e. The largest absolute Gasteiger partial charge is 0.340 e. The highest BCUT2D eigenvalue weighted by atomic mass is 15.3. The maximum Gasteiger partial charge on any atom is 0.225 e. The van der Waals surface area contributed by atoms with Gasteiger partial charge in [0.1, 0.15) is 0 Å². The molecule has 0 bridgehead atoms. The Labute approximate surface area is 116 Å². The third-order valence-corrected chi connectivity index (χ3v) is 3.47. The molecule has 2 heterocycles. The first kappa shape index (κ1) is 14.3. The second-order valence-electron chi connectivity index (χ2n) is 7.33. The monoisotopic (exact) mass is 262 g/mol. The van der Waals surface area contributed by atoms with Crippen LogP contribution in [0.25, 0.3) is 0 Å². The van der Waals surface area contributed by atoms with Gasteiger partial charge in [-0.05, 0) is 32.6 Å². The summed E-state index contributed by atoms with van der Waals surface area (Å²) in [7, 11) is 0. The molecule has 1 saturated heterocycles. The summed E-state index contributed by atoms with van der Waals surface area (Å²) in [6, 6.07) is 0. The van der Waals surface area contributed by atoms with Crippen LogP contribution in [0.2, 0.25) is 0 Å². The number of hydrogen-bond donors (Lipinski definition) is 1. The Morgan fingerprint density at radius 1 is 1.26 bits per heavy atom. The molecule has 19 heavy (non-hydrogen) atoms. The second kappa shape index (κ2) is 5.08. The Kier molecular flexibility index (Phi) is 3.81. The highest BCUT2D eigenvalue weighted by molar-refractivity contribution is 5.32. The Bertz CT molecular complexity index is 417. The number of hydrogen-bond acceptors (Lipinski definition) is 4. The lowest BCUT2D eigenvalue weighted by Gasteiger charge is -2.21. The molecule has 106 valence electrons. The van der Waals surface area contributed by atoms with E-state index < -0.39 is 0 Å². The number of anilines is 1. The predicted molar refractivity (Wildman–Crippen MR) is 79.2 cm³/mol. The fourth-order valence-corrected chi connectivity index (χ4v) is 2.25. The lowest BCUT2D eigenvalue weighted by atomic mass is 9.93. The molecule has 4 heteroatoms. The topological polar surface area (TPSA) is 41.1 Å². The van der Waals surface area contributed by atoms with Gasteiger partial charge in [-0.15, -0.1) is 0 Å². The van der Waals surface area contributed by atoms with Crippen LogP contribution in [-0.4, -0.2) is 28.6 Å². The molecule has 0 amide bonds. The summed E-state index contributed by atoms with van der Waals surface area (Å²) < 4.78 is 0. The van der Waals surface area contributed by atoms with Gasteiger partial charge in [-0.1, -0.05) is 13.8 Å². The molecule has 1 aliphatic rings. The molecule has 1 aliphatic heterocycles. The molecule has 1 fully saturated rings. The molecule has 0 saturated carbocycles. The Balaban J connectivity index is 1.95. The molecular formula is C15H26N4. The average molecular weight is 262 g/mol. The summed E-state index contributed by atoms with van der Waals surface area (Å²) in [5.41, 5.74) is 1.64. The predicted octanol–water partition coefficient (Wildman–Crippen LogP) is 2.60. The van der Waals surface area contributed by atoms with E-state index in [2.05, 4.69) is 54.8 Å². The molecule has 0 spiro atoms. The van der Waals surface area contributed by atoms with Crippen LogP contribution in [-0.2, 0) is 6.54 Å². The third-order valence-electron chi connectivity index (χ3n) is 3.47. The van der Waals surface area contributed by atoms with E-state index in [0.29, 0.717) is 5.41 Å². The molecule has 2 rings (SSSR count). The molecule has 4 nitrogen and oxygen atoms in total. The van der Waals surface area contributed by atoms with Crippen molar-refractivity contribution in [2.24, 2.45) is 5.41 Å². The normalized spacial score (nSPS) is 18.9. The maximum absolute atomic E-state index is 4.50. The number of aromatic nitrogens is 2. The van der Waals surface area contributed by atoms with Crippen LogP contribution in [0.4, 0.5) is 5.95 Å². The zero-order chi connectivity index (χ0) is 14.1. The van der Waals surface area contributed by atoms with Gasteiger partial charge < -0.3 is 10.2 Å². The van der Waals surface area contributed by atoms with Gasteiger partial charge in [0.2, 0.25) is 5.95 Å².